The molecule has 0 radical (unpaired) electrons. The van der Waals surface area contributed by atoms with Gasteiger partial charge in [-0.05, 0) is 67.0 Å². The van der Waals surface area contributed by atoms with Gasteiger partial charge in [0.1, 0.15) is 11.5 Å². The lowest BCUT2D eigenvalue weighted by atomic mass is 9.88. The molecule has 0 unspecified atom stereocenters. The van der Waals surface area contributed by atoms with E-state index < -0.39 is 10.0 Å². The minimum absolute atomic E-state index is 0.123. The van der Waals surface area contributed by atoms with E-state index in [1.165, 1.54) is 5.56 Å². The molecule has 2 N–H and O–H groups in total. The lowest BCUT2D eigenvalue weighted by Gasteiger charge is -2.28. The minimum atomic E-state index is -3.86. The molecule has 194 valence electrons. The standard InChI is InChI=1S/C29H33N3O4S/c33-29(21-36-20-22-9-2-1-3-10-22)30-24-15-16-27(32-17-6-7-18-32)28(19-24)37(34,35)31-26-14-8-12-23-11-4-5-13-25(23)26/h1-5,9-11,13,15-16,19,26,31H,6-8,12,14,17-18,20-21H2,(H,30,33)/t26-/m0/s1. The van der Waals surface area contributed by atoms with Crippen molar-refractivity contribution in [2.75, 3.05) is 29.9 Å². The molecule has 37 heavy (non-hydrogen) atoms. The van der Waals surface area contributed by atoms with Crippen molar-refractivity contribution in [1.82, 2.24) is 4.72 Å². The maximum atomic E-state index is 13.8. The molecule has 3 aromatic rings. The lowest BCUT2D eigenvalue weighted by molar-refractivity contribution is -0.121. The zero-order valence-corrected chi connectivity index (χ0v) is 21.7. The van der Waals surface area contributed by atoms with Gasteiger partial charge in [0.2, 0.25) is 15.9 Å². The van der Waals surface area contributed by atoms with Crippen molar-refractivity contribution in [3.63, 3.8) is 0 Å². The van der Waals surface area contributed by atoms with Gasteiger partial charge in [0.05, 0.1) is 12.3 Å². The van der Waals surface area contributed by atoms with Gasteiger partial charge in [-0.3, -0.25) is 4.79 Å². The van der Waals surface area contributed by atoms with Crippen LogP contribution in [0.25, 0.3) is 0 Å². The highest BCUT2D eigenvalue weighted by molar-refractivity contribution is 7.89. The van der Waals surface area contributed by atoms with E-state index >= 15 is 0 Å². The van der Waals surface area contributed by atoms with E-state index in [0.29, 0.717) is 18.0 Å². The smallest absolute Gasteiger partial charge is 0.250 e. The molecule has 5 rings (SSSR count). The number of ether oxygens (including phenoxy) is 1. The average molecular weight is 520 g/mol. The summed E-state index contributed by atoms with van der Waals surface area (Å²) in [6, 6.07) is 22.5. The molecule has 1 aliphatic carbocycles. The van der Waals surface area contributed by atoms with Crippen molar-refractivity contribution in [1.29, 1.82) is 0 Å². The van der Waals surface area contributed by atoms with E-state index in [0.717, 1.165) is 56.3 Å². The SMILES string of the molecule is O=C(COCc1ccccc1)Nc1ccc(N2CCCC2)c(S(=O)(=O)N[C@H]2CCCc3ccccc32)c1. The van der Waals surface area contributed by atoms with E-state index in [1.807, 2.05) is 48.5 Å². The van der Waals surface area contributed by atoms with Gasteiger partial charge in [0.25, 0.3) is 0 Å². The summed E-state index contributed by atoms with van der Waals surface area (Å²) in [4.78, 5) is 14.9. The van der Waals surface area contributed by atoms with Crippen molar-refractivity contribution in [3.05, 3.63) is 89.5 Å². The van der Waals surface area contributed by atoms with Crippen LogP contribution in [0.4, 0.5) is 11.4 Å². The first-order valence-electron chi connectivity index (χ1n) is 12.9. The van der Waals surface area contributed by atoms with Crippen molar-refractivity contribution in [2.24, 2.45) is 0 Å². The first-order valence-corrected chi connectivity index (χ1v) is 14.4. The van der Waals surface area contributed by atoms with Crippen molar-refractivity contribution < 1.29 is 17.9 Å². The van der Waals surface area contributed by atoms with Crippen LogP contribution in [0.1, 0.15) is 48.4 Å². The molecule has 1 aliphatic heterocycles. The molecule has 1 amide bonds. The summed E-state index contributed by atoms with van der Waals surface area (Å²) < 4.78 is 36.1. The van der Waals surface area contributed by atoms with Crippen LogP contribution in [0.5, 0.6) is 0 Å². The van der Waals surface area contributed by atoms with Crippen molar-refractivity contribution >= 4 is 27.3 Å². The molecule has 1 atom stereocenters. The van der Waals surface area contributed by atoms with Crippen LogP contribution in [0, 0.1) is 0 Å². The first kappa shape index (κ1) is 25.4. The molecule has 0 bridgehead atoms. The monoisotopic (exact) mass is 519 g/mol. The highest BCUT2D eigenvalue weighted by atomic mass is 32.2. The fourth-order valence-corrected chi connectivity index (χ4v) is 6.69. The third kappa shape index (κ3) is 6.21. The van der Waals surface area contributed by atoms with Gasteiger partial charge in [-0.1, -0.05) is 54.6 Å². The number of hydrogen-bond donors (Lipinski definition) is 2. The number of carbonyl (C=O) groups is 1. The second-order valence-electron chi connectivity index (χ2n) is 9.67. The summed E-state index contributed by atoms with van der Waals surface area (Å²) in [5.41, 5.74) is 4.32. The predicted molar refractivity (Wildman–Crippen MR) is 145 cm³/mol. The number of nitrogens with zero attached hydrogens (tertiary/aromatic N) is 1. The molecular formula is C29H33N3O4S. The van der Waals surface area contributed by atoms with E-state index in [4.69, 9.17) is 4.74 Å². The van der Waals surface area contributed by atoms with Gasteiger partial charge in [0.15, 0.2) is 0 Å². The Kier molecular flexibility index (Phi) is 7.88. The van der Waals surface area contributed by atoms with Crippen LogP contribution in [-0.4, -0.2) is 34.0 Å². The van der Waals surface area contributed by atoms with E-state index in [1.54, 1.807) is 18.2 Å². The highest BCUT2D eigenvalue weighted by Crippen LogP contribution is 2.35. The molecule has 0 aromatic heterocycles. The van der Waals surface area contributed by atoms with Crippen LogP contribution in [-0.2, 0) is 32.6 Å². The molecule has 7 nitrogen and oxygen atoms in total. The number of benzene rings is 3. The number of amides is 1. The Morgan fingerprint density at radius 2 is 1.70 bits per heavy atom. The summed E-state index contributed by atoms with van der Waals surface area (Å²) in [7, 11) is -3.86. The Bertz CT molecular complexity index is 1340. The predicted octanol–water partition coefficient (Wildman–Crippen LogP) is 4.80. The Hall–Kier alpha value is -3.20. The minimum Gasteiger partial charge on any atom is -0.370 e. The molecule has 2 aliphatic rings. The third-order valence-corrected chi connectivity index (χ3v) is 8.49. The Morgan fingerprint density at radius 1 is 0.946 bits per heavy atom. The lowest BCUT2D eigenvalue weighted by Crippen LogP contribution is -2.32. The Morgan fingerprint density at radius 3 is 2.51 bits per heavy atom. The summed E-state index contributed by atoms with van der Waals surface area (Å²) >= 11 is 0. The number of anilines is 2. The molecule has 0 saturated carbocycles. The van der Waals surface area contributed by atoms with Gasteiger partial charge < -0.3 is 15.0 Å². The fourth-order valence-electron chi connectivity index (χ4n) is 5.19. The van der Waals surface area contributed by atoms with Crippen molar-refractivity contribution in [2.45, 2.75) is 49.6 Å². The summed E-state index contributed by atoms with van der Waals surface area (Å²) in [5.74, 6) is -0.331. The van der Waals surface area contributed by atoms with Gasteiger partial charge in [-0.15, -0.1) is 0 Å². The number of nitrogens with one attached hydrogen (secondary N) is 2. The van der Waals surface area contributed by atoms with Crippen LogP contribution in [0.15, 0.2) is 77.7 Å². The summed E-state index contributed by atoms with van der Waals surface area (Å²) in [6.45, 7) is 1.83. The molecule has 1 heterocycles. The molecule has 3 aromatic carbocycles. The van der Waals surface area contributed by atoms with E-state index in [2.05, 4.69) is 21.0 Å². The fraction of sp³-hybridized carbons (Fsp3) is 0.345. The Labute approximate surface area is 218 Å². The number of sulfonamides is 1. The topological polar surface area (TPSA) is 87.7 Å². The molecular weight excluding hydrogens is 486 g/mol. The second-order valence-corrected chi connectivity index (χ2v) is 11.4. The molecule has 8 heteroatoms. The van der Waals surface area contributed by atoms with Crippen LogP contribution < -0.4 is 14.9 Å². The average Bonchev–Trinajstić information content (AvgIpc) is 3.44. The first-order chi connectivity index (χ1) is 18.0. The van der Waals surface area contributed by atoms with Gasteiger partial charge in [-0.25, -0.2) is 13.1 Å². The van der Waals surface area contributed by atoms with Crippen LogP contribution >= 0.6 is 0 Å². The van der Waals surface area contributed by atoms with E-state index in [-0.39, 0.29) is 23.5 Å². The number of carbonyl (C=O) groups excluding carboxylic acids is 1. The van der Waals surface area contributed by atoms with Crippen LogP contribution in [0.3, 0.4) is 0 Å². The number of aryl methyl sites for hydroxylation is 1. The zero-order valence-electron chi connectivity index (χ0n) is 20.9. The summed E-state index contributed by atoms with van der Waals surface area (Å²) in [6.07, 6.45) is 4.70. The zero-order chi connectivity index (χ0) is 25.7. The van der Waals surface area contributed by atoms with Crippen LogP contribution in [0.2, 0.25) is 0 Å². The second kappa shape index (κ2) is 11.5. The van der Waals surface area contributed by atoms with Gasteiger partial charge in [0, 0.05) is 24.8 Å². The van der Waals surface area contributed by atoms with Gasteiger partial charge >= 0.3 is 0 Å². The third-order valence-electron chi connectivity index (χ3n) is 6.99. The largest absolute Gasteiger partial charge is 0.370 e. The molecule has 0 spiro atoms. The maximum absolute atomic E-state index is 13.8. The van der Waals surface area contributed by atoms with Gasteiger partial charge in [-0.2, -0.15) is 0 Å². The molecule has 1 saturated heterocycles. The quantitative estimate of drug-likeness (QED) is 0.424. The Balaban J connectivity index is 1.34. The molecule has 1 fully saturated rings. The summed E-state index contributed by atoms with van der Waals surface area (Å²) in [5, 5.41) is 2.80. The normalized spacial score (nSPS) is 17.4. The number of hydrogen-bond acceptors (Lipinski definition) is 5. The number of rotatable bonds is 9. The maximum Gasteiger partial charge on any atom is 0.250 e. The van der Waals surface area contributed by atoms with E-state index in [9.17, 15) is 13.2 Å². The number of fused-ring (bicyclic) bond motifs is 1. The highest BCUT2D eigenvalue weighted by Gasteiger charge is 2.29. The van der Waals surface area contributed by atoms with Crippen molar-refractivity contribution in [3.8, 4) is 0 Å².